The summed E-state index contributed by atoms with van der Waals surface area (Å²) >= 11 is 0. The van der Waals surface area contributed by atoms with Crippen LogP contribution in [0.15, 0.2) is 139 Å². The summed E-state index contributed by atoms with van der Waals surface area (Å²) in [5, 5.41) is 5.59. The summed E-state index contributed by atoms with van der Waals surface area (Å²) < 4.78 is 38.7. The number of aliphatic imine (C=N–C) groups is 1. The molecule has 0 radical (unpaired) electrons. The smallest absolute Gasteiger partial charge is 0.408 e. The summed E-state index contributed by atoms with van der Waals surface area (Å²) in [6.07, 6.45) is 3.46. The van der Waals surface area contributed by atoms with Gasteiger partial charge >= 0.3 is 12.2 Å². The van der Waals surface area contributed by atoms with Crippen LogP contribution in [-0.4, -0.2) is 33.0 Å². The van der Waals surface area contributed by atoms with Crippen LogP contribution >= 0.6 is 0 Å². The fourth-order valence-corrected chi connectivity index (χ4v) is 5.42. The van der Waals surface area contributed by atoms with E-state index < -0.39 is 17.7 Å². The van der Waals surface area contributed by atoms with Crippen LogP contribution in [0, 0.1) is 11.6 Å². The van der Waals surface area contributed by atoms with Gasteiger partial charge in [-0.15, -0.1) is 0 Å². The first kappa shape index (κ1) is 38.9. The van der Waals surface area contributed by atoms with Gasteiger partial charge in [-0.25, -0.2) is 23.4 Å². The molecule has 2 N–H and O–H groups in total. The molecule has 1 aliphatic rings. The number of benzene rings is 4. The third-order valence-electron chi connectivity index (χ3n) is 8.28. The zero-order valence-electron chi connectivity index (χ0n) is 30.5. The highest BCUT2D eigenvalue weighted by atomic mass is 19.1. The summed E-state index contributed by atoms with van der Waals surface area (Å²) in [6, 6.07) is 31.3. The number of rotatable bonds is 12. The second-order valence-corrected chi connectivity index (χ2v) is 13.2. The Labute approximate surface area is 314 Å². The van der Waals surface area contributed by atoms with Crippen molar-refractivity contribution in [1.29, 1.82) is 0 Å². The number of hydrogen-bond donors (Lipinski definition) is 2. The number of alkyl carbamates (subject to hydrolysis) is 2. The Kier molecular flexibility index (Phi) is 13.3. The van der Waals surface area contributed by atoms with Gasteiger partial charge in [-0.3, -0.25) is 4.99 Å². The summed E-state index contributed by atoms with van der Waals surface area (Å²) in [6.45, 7) is 10.8. The molecule has 11 heteroatoms. The molecule has 0 saturated carbocycles. The van der Waals surface area contributed by atoms with E-state index in [1.807, 2.05) is 98.3 Å². The van der Waals surface area contributed by atoms with Crippen molar-refractivity contribution in [3.63, 3.8) is 0 Å². The lowest BCUT2D eigenvalue weighted by atomic mass is 9.97. The van der Waals surface area contributed by atoms with Crippen LogP contribution in [0.3, 0.4) is 0 Å². The molecule has 278 valence electrons. The SMILES string of the molecule is C=C(C)Cn1cc(-c2ccc(F)cc2)nc1CNC(=O)OCc1ccccc1.CC(C)(NC(=O)OCc1ccccc1)C1=NC(c2ccc(F)cc2)=CC1. The van der Waals surface area contributed by atoms with Crippen LogP contribution in [0.2, 0.25) is 0 Å². The number of carbonyl (C=O) groups excluding carboxylic acids is 2. The molecule has 0 saturated heterocycles. The number of allylic oxidation sites excluding steroid dienone is 2. The second-order valence-electron chi connectivity index (χ2n) is 13.2. The van der Waals surface area contributed by atoms with Crippen LogP contribution in [0.4, 0.5) is 18.4 Å². The van der Waals surface area contributed by atoms with Gasteiger partial charge in [-0.1, -0.05) is 78.9 Å². The molecule has 0 fully saturated rings. The molecule has 1 aromatic heterocycles. The Morgan fingerprint density at radius 3 is 1.89 bits per heavy atom. The zero-order valence-corrected chi connectivity index (χ0v) is 30.5. The molecule has 2 heterocycles. The molecule has 4 aromatic carbocycles. The molecule has 5 aromatic rings. The Morgan fingerprint density at radius 2 is 1.33 bits per heavy atom. The zero-order chi connectivity index (χ0) is 38.5. The van der Waals surface area contributed by atoms with Gasteiger partial charge in [-0.2, -0.15) is 0 Å². The molecule has 54 heavy (non-hydrogen) atoms. The van der Waals surface area contributed by atoms with E-state index in [-0.39, 0.29) is 31.4 Å². The normalized spacial score (nSPS) is 12.1. The van der Waals surface area contributed by atoms with Gasteiger partial charge in [0.05, 0.1) is 23.5 Å². The first-order chi connectivity index (χ1) is 25.9. The van der Waals surface area contributed by atoms with Crippen LogP contribution in [-0.2, 0) is 35.8 Å². The Hall–Kier alpha value is -6.36. The number of amides is 2. The second kappa shape index (κ2) is 18.4. The Bertz CT molecular complexity index is 2090. The number of ether oxygens (including phenoxy) is 2. The van der Waals surface area contributed by atoms with Crippen LogP contribution in [0.1, 0.15) is 49.7 Å². The first-order valence-corrected chi connectivity index (χ1v) is 17.4. The van der Waals surface area contributed by atoms with E-state index in [9.17, 15) is 18.4 Å². The van der Waals surface area contributed by atoms with Crippen molar-refractivity contribution in [3.05, 3.63) is 168 Å². The van der Waals surface area contributed by atoms with E-state index in [0.717, 1.165) is 39.2 Å². The van der Waals surface area contributed by atoms with Gasteiger partial charge in [0, 0.05) is 30.4 Å². The fourth-order valence-electron chi connectivity index (χ4n) is 5.42. The summed E-state index contributed by atoms with van der Waals surface area (Å²) in [4.78, 5) is 33.3. The Balaban J connectivity index is 0.000000208. The van der Waals surface area contributed by atoms with E-state index >= 15 is 0 Å². The number of nitrogens with one attached hydrogen (secondary N) is 2. The minimum atomic E-state index is -0.647. The minimum Gasteiger partial charge on any atom is -0.445 e. The molecule has 0 unspecified atom stereocenters. The van der Waals surface area contributed by atoms with E-state index in [0.29, 0.717) is 24.5 Å². The topological polar surface area (TPSA) is 107 Å². The number of aromatic nitrogens is 2. The maximum atomic E-state index is 13.2. The van der Waals surface area contributed by atoms with Gasteiger partial charge in [0.25, 0.3) is 0 Å². The van der Waals surface area contributed by atoms with Crippen molar-refractivity contribution in [2.24, 2.45) is 4.99 Å². The van der Waals surface area contributed by atoms with Gasteiger partial charge in [0.1, 0.15) is 30.7 Å². The van der Waals surface area contributed by atoms with Gasteiger partial charge < -0.3 is 24.7 Å². The van der Waals surface area contributed by atoms with Crippen LogP contribution in [0.5, 0.6) is 0 Å². The standard InChI is InChI=1S/C22H22FN3O2.C21H21FN2O2/c1-16(2)13-26-14-20(18-8-10-19(23)11-9-18)25-21(26)12-24-22(27)28-15-17-6-4-3-5-7-17;1-21(2,24-20(25)26-14-15-6-4-3-5-7-15)19-13-12-18(23-19)16-8-10-17(22)11-9-16/h3-11,14H,1,12-13,15H2,2H3,(H,24,27);3-12H,13-14H2,1-2H3,(H,24,25). The van der Waals surface area contributed by atoms with Crippen molar-refractivity contribution >= 4 is 23.6 Å². The average molecular weight is 732 g/mol. The number of halogens is 2. The first-order valence-electron chi connectivity index (χ1n) is 17.4. The molecule has 0 aliphatic carbocycles. The van der Waals surface area contributed by atoms with Crippen LogP contribution < -0.4 is 10.6 Å². The molecule has 1 aliphatic heterocycles. The van der Waals surface area contributed by atoms with Gasteiger partial charge in [-0.05, 0) is 86.0 Å². The lowest BCUT2D eigenvalue weighted by Gasteiger charge is -2.26. The van der Waals surface area contributed by atoms with Crippen molar-refractivity contribution in [3.8, 4) is 11.3 Å². The third kappa shape index (κ3) is 11.6. The summed E-state index contributed by atoms with van der Waals surface area (Å²) in [5.74, 6) is 0.0897. The number of imidazole rings is 1. The van der Waals surface area contributed by atoms with Crippen molar-refractivity contribution in [2.75, 3.05) is 0 Å². The van der Waals surface area contributed by atoms with E-state index in [1.165, 1.54) is 24.3 Å². The monoisotopic (exact) mass is 731 g/mol. The number of hydrogen-bond acceptors (Lipinski definition) is 6. The largest absolute Gasteiger partial charge is 0.445 e. The fraction of sp³-hybridized carbons (Fsp3) is 0.209. The third-order valence-corrected chi connectivity index (χ3v) is 8.28. The molecule has 0 spiro atoms. The quantitative estimate of drug-likeness (QED) is 0.124. The number of nitrogens with zero attached hydrogens (tertiary/aromatic N) is 3. The molecule has 2 amide bonds. The highest BCUT2D eigenvalue weighted by Gasteiger charge is 2.30. The molecular formula is C43H43F2N5O4. The molecule has 6 rings (SSSR count). The molecule has 9 nitrogen and oxygen atoms in total. The Morgan fingerprint density at radius 1 is 0.796 bits per heavy atom. The van der Waals surface area contributed by atoms with Crippen molar-refractivity contribution < 1.29 is 27.8 Å². The van der Waals surface area contributed by atoms with Gasteiger partial charge in [0.15, 0.2) is 0 Å². The average Bonchev–Trinajstić information content (AvgIpc) is 3.82. The lowest BCUT2D eigenvalue weighted by molar-refractivity contribution is 0.134. The lowest BCUT2D eigenvalue weighted by Crippen LogP contribution is -2.49. The molecule has 0 bridgehead atoms. The van der Waals surface area contributed by atoms with E-state index in [4.69, 9.17) is 9.47 Å². The van der Waals surface area contributed by atoms with Crippen LogP contribution in [0.25, 0.3) is 17.0 Å². The number of carbonyl (C=O) groups is 2. The predicted molar refractivity (Wildman–Crippen MR) is 206 cm³/mol. The highest BCUT2D eigenvalue weighted by Crippen LogP contribution is 2.27. The van der Waals surface area contributed by atoms with E-state index in [2.05, 4.69) is 27.2 Å². The maximum Gasteiger partial charge on any atom is 0.408 e. The van der Waals surface area contributed by atoms with Crippen molar-refractivity contribution in [2.45, 2.75) is 59.0 Å². The summed E-state index contributed by atoms with van der Waals surface area (Å²) in [5.41, 5.74) is 6.12. The summed E-state index contributed by atoms with van der Waals surface area (Å²) in [7, 11) is 0. The van der Waals surface area contributed by atoms with Crippen molar-refractivity contribution in [1.82, 2.24) is 20.2 Å². The minimum absolute atomic E-state index is 0.202. The van der Waals surface area contributed by atoms with Gasteiger partial charge in [0.2, 0.25) is 0 Å². The predicted octanol–water partition coefficient (Wildman–Crippen LogP) is 9.41. The molecular weight excluding hydrogens is 689 g/mol. The maximum absolute atomic E-state index is 13.2. The van der Waals surface area contributed by atoms with E-state index in [1.54, 1.807) is 24.3 Å². The molecule has 0 atom stereocenters. The highest BCUT2D eigenvalue weighted by molar-refractivity contribution is 6.03.